The lowest BCUT2D eigenvalue weighted by Crippen LogP contribution is -2.35. The number of benzene rings is 1. The van der Waals surface area contributed by atoms with Gasteiger partial charge < -0.3 is 10.1 Å². The number of aryl methyl sites for hydroxylation is 1. The van der Waals surface area contributed by atoms with Crippen molar-refractivity contribution in [1.29, 1.82) is 0 Å². The molecular formula is C19H24N2O2. The Hall–Kier alpha value is -2.20. The molecule has 0 fully saturated rings. The molecular weight excluding hydrogens is 288 g/mol. The second-order valence-corrected chi connectivity index (χ2v) is 5.97. The molecule has 122 valence electrons. The van der Waals surface area contributed by atoms with E-state index < -0.39 is 0 Å². The molecule has 2 rings (SSSR count). The zero-order valence-corrected chi connectivity index (χ0v) is 14.0. The summed E-state index contributed by atoms with van der Waals surface area (Å²) in [7, 11) is 0. The van der Waals surface area contributed by atoms with Crippen molar-refractivity contribution >= 4 is 5.91 Å². The van der Waals surface area contributed by atoms with Gasteiger partial charge in [0.15, 0.2) is 0 Å². The molecule has 4 nitrogen and oxygen atoms in total. The van der Waals surface area contributed by atoms with Crippen LogP contribution in [-0.4, -0.2) is 17.5 Å². The van der Waals surface area contributed by atoms with Gasteiger partial charge in [0.05, 0.1) is 18.3 Å². The van der Waals surface area contributed by atoms with Crippen molar-refractivity contribution in [2.75, 3.05) is 6.61 Å². The van der Waals surface area contributed by atoms with Gasteiger partial charge in [0, 0.05) is 6.20 Å². The summed E-state index contributed by atoms with van der Waals surface area (Å²) in [6.07, 6.45) is 1.76. The van der Waals surface area contributed by atoms with E-state index in [4.69, 9.17) is 4.74 Å². The zero-order chi connectivity index (χ0) is 16.7. The molecule has 1 aromatic heterocycles. The first-order valence-corrected chi connectivity index (χ1v) is 7.90. The highest BCUT2D eigenvalue weighted by atomic mass is 16.5. The molecule has 23 heavy (non-hydrogen) atoms. The molecule has 1 amide bonds. The summed E-state index contributed by atoms with van der Waals surface area (Å²) in [5, 5.41) is 3.03. The maximum absolute atomic E-state index is 12.2. The van der Waals surface area contributed by atoms with Gasteiger partial charge >= 0.3 is 0 Å². The van der Waals surface area contributed by atoms with Gasteiger partial charge in [-0.15, -0.1) is 0 Å². The molecule has 0 aliphatic heterocycles. The predicted octanol–water partition coefficient (Wildman–Crippen LogP) is 3.42. The van der Waals surface area contributed by atoms with Crippen molar-refractivity contribution in [2.24, 2.45) is 5.92 Å². The van der Waals surface area contributed by atoms with Crippen molar-refractivity contribution in [3.8, 4) is 0 Å². The number of nitrogens with zero attached hydrogens (tertiary/aromatic N) is 1. The van der Waals surface area contributed by atoms with E-state index >= 15 is 0 Å². The number of carbonyl (C=O) groups is 1. The standard InChI is InChI=1S/C19H24N2O2/c1-14(2)18(19-15(3)8-7-11-20-19)21-17(22)13-23-12-16-9-5-4-6-10-16/h4-11,14,18H,12-13H2,1-3H3,(H,21,22)/t18-/m0/s1. The molecule has 1 heterocycles. The number of ether oxygens (including phenoxy) is 1. The lowest BCUT2D eigenvalue weighted by Gasteiger charge is -2.23. The molecule has 0 aliphatic rings. The first-order valence-electron chi connectivity index (χ1n) is 7.90. The second kappa shape index (κ2) is 8.44. The molecule has 0 aliphatic carbocycles. The van der Waals surface area contributed by atoms with Crippen LogP contribution in [0.2, 0.25) is 0 Å². The number of nitrogens with one attached hydrogen (secondary N) is 1. The smallest absolute Gasteiger partial charge is 0.246 e. The molecule has 0 saturated carbocycles. The lowest BCUT2D eigenvalue weighted by atomic mass is 9.97. The maximum Gasteiger partial charge on any atom is 0.246 e. The topological polar surface area (TPSA) is 51.2 Å². The van der Waals surface area contributed by atoms with E-state index in [0.29, 0.717) is 6.61 Å². The number of carbonyl (C=O) groups excluding carboxylic acids is 1. The van der Waals surface area contributed by atoms with E-state index in [1.807, 2.05) is 49.4 Å². The normalized spacial score (nSPS) is 12.2. The van der Waals surface area contributed by atoms with Crippen LogP contribution in [0.4, 0.5) is 0 Å². The first kappa shape index (κ1) is 17.2. The highest BCUT2D eigenvalue weighted by Gasteiger charge is 2.21. The number of hydrogen-bond donors (Lipinski definition) is 1. The fourth-order valence-corrected chi connectivity index (χ4v) is 2.43. The Labute approximate surface area is 137 Å². The van der Waals surface area contributed by atoms with E-state index in [1.165, 1.54) is 0 Å². The van der Waals surface area contributed by atoms with Gasteiger partial charge in [-0.05, 0) is 30.0 Å². The fraction of sp³-hybridized carbons (Fsp3) is 0.368. The number of hydrogen-bond acceptors (Lipinski definition) is 3. The predicted molar refractivity (Wildman–Crippen MR) is 90.8 cm³/mol. The summed E-state index contributed by atoms with van der Waals surface area (Å²) in [6, 6.07) is 13.6. The van der Waals surface area contributed by atoms with Crippen LogP contribution in [0.3, 0.4) is 0 Å². The SMILES string of the molecule is Cc1cccnc1[C@@H](NC(=O)COCc1ccccc1)C(C)C. The van der Waals surface area contributed by atoms with Gasteiger partial charge in [0.1, 0.15) is 6.61 Å². The zero-order valence-electron chi connectivity index (χ0n) is 14.0. The minimum absolute atomic E-state index is 0.0456. The number of pyridine rings is 1. The third-order valence-corrected chi connectivity index (χ3v) is 3.67. The van der Waals surface area contributed by atoms with Crippen LogP contribution in [0.15, 0.2) is 48.7 Å². The van der Waals surface area contributed by atoms with Crippen molar-refractivity contribution in [1.82, 2.24) is 10.3 Å². The van der Waals surface area contributed by atoms with Crippen LogP contribution in [0, 0.1) is 12.8 Å². The molecule has 0 saturated heterocycles. The third kappa shape index (κ3) is 5.18. The summed E-state index contributed by atoms with van der Waals surface area (Å²) in [5.41, 5.74) is 3.05. The number of amides is 1. The Morgan fingerprint density at radius 3 is 2.57 bits per heavy atom. The Morgan fingerprint density at radius 1 is 1.17 bits per heavy atom. The van der Waals surface area contributed by atoms with Gasteiger partial charge in [0.25, 0.3) is 0 Å². The van der Waals surface area contributed by atoms with Crippen molar-refractivity contribution in [3.63, 3.8) is 0 Å². The van der Waals surface area contributed by atoms with Gasteiger partial charge in [-0.1, -0.05) is 50.2 Å². The maximum atomic E-state index is 12.2. The van der Waals surface area contributed by atoms with Crippen LogP contribution in [0.25, 0.3) is 0 Å². The summed E-state index contributed by atoms with van der Waals surface area (Å²) in [4.78, 5) is 16.6. The Balaban J connectivity index is 1.90. The molecule has 0 bridgehead atoms. The van der Waals surface area contributed by atoms with E-state index in [9.17, 15) is 4.79 Å². The quantitative estimate of drug-likeness (QED) is 0.852. The molecule has 1 N–H and O–H groups in total. The minimum atomic E-state index is -0.121. The Kier molecular flexibility index (Phi) is 6.29. The van der Waals surface area contributed by atoms with Crippen LogP contribution >= 0.6 is 0 Å². The Morgan fingerprint density at radius 2 is 1.91 bits per heavy atom. The molecule has 1 atom stereocenters. The molecule has 0 spiro atoms. The van der Waals surface area contributed by atoms with E-state index in [2.05, 4.69) is 24.1 Å². The van der Waals surface area contributed by atoms with Crippen LogP contribution in [-0.2, 0) is 16.1 Å². The summed E-state index contributed by atoms with van der Waals surface area (Å²) in [6.45, 7) is 6.64. The molecule has 1 aromatic carbocycles. The van der Waals surface area contributed by atoms with Gasteiger partial charge in [-0.3, -0.25) is 9.78 Å². The van der Waals surface area contributed by atoms with Crippen LogP contribution < -0.4 is 5.32 Å². The highest BCUT2D eigenvalue weighted by molar-refractivity contribution is 5.77. The second-order valence-electron chi connectivity index (χ2n) is 5.97. The van der Waals surface area contributed by atoms with Crippen LogP contribution in [0.1, 0.15) is 36.7 Å². The van der Waals surface area contributed by atoms with Gasteiger partial charge in [-0.25, -0.2) is 0 Å². The van der Waals surface area contributed by atoms with Gasteiger partial charge in [-0.2, -0.15) is 0 Å². The molecule has 0 radical (unpaired) electrons. The number of rotatable bonds is 7. The fourth-order valence-electron chi connectivity index (χ4n) is 2.43. The average Bonchev–Trinajstić information content (AvgIpc) is 2.54. The van der Waals surface area contributed by atoms with E-state index in [-0.39, 0.29) is 24.5 Å². The highest BCUT2D eigenvalue weighted by Crippen LogP contribution is 2.22. The van der Waals surface area contributed by atoms with Crippen molar-refractivity contribution in [2.45, 2.75) is 33.4 Å². The largest absolute Gasteiger partial charge is 0.367 e. The number of aromatic nitrogens is 1. The lowest BCUT2D eigenvalue weighted by molar-refractivity contribution is -0.127. The minimum Gasteiger partial charge on any atom is -0.367 e. The van der Waals surface area contributed by atoms with E-state index in [0.717, 1.165) is 16.8 Å². The third-order valence-electron chi connectivity index (χ3n) is 3.67. The average molecular weight is 312 g/mol. The van der Waals surface area contributed by atoms with Crippen LogP contribution in [0.5, 0.6) is 0 Å². The molecule has 0 unspecified atom stereocenters. The molecule has 4 heteroatoms. The Bertz CT molecular complexity index is 626. The molecule has 2 aromatic rings. The summed E-state index contributed by atoms with van der Waals surface area (Å²) in [5.74, 6) is 0.131. The monoisotopic (exact) mass is 312 g/mol. The van der Waals surface area contributed by atoms with Crippen molar-refractivity contribution < 1.29 is 9.53 Å². The van der Waals surface area contributed by atoms with Gasteiger partial charge in [0.2, 0.25) is 5.91 Å². The van der Waals surface area contributed by atoms with Crippen molar-refractivity contribution in [3.05, 3.63) is 65.5 Å². The summed E-state index contributed by atoms with van der Waals surface area (Å²) < 4.78 is 5.50. The van der Waals surface area contributed by atoms with E-state index in [1.54, 1.807) is 6.20 Å². The first-order chi connectivity index (χ1) is 11.1. The summed E-state index contributed by atoms with van der Waals surface area (Å²) >= 11 is 0.